The molecule has 0 bridgehead atoms. The van der Waals surface area contributed by atoms with E-state index >= 15 is 0 Å². The van der Waals surface area contributed by atoms with E-state index < -0.39 is 42.1 Å². The van der Waals surface area contributed by atoms with Gasteiger partial charge < -0.3 is 9.47 Å². The summed E-state index contributed by atoms with van der Waals surface area (Å²) in [6.07, 6.45) is 0. The molecule has 8 heteroatoms. The number of alkyl halides is 2. The highest BCUT2D eigenvalue weighted by atomic mass is 19.3. The molecule has 0 unspecified atom stereocenters. The SMILES string of the molecule is CCOC(=O)[C@@H]1C(=O)C(F)(F)CN(Cc2ccccc2)[C@@H]1C(=O)OCC. The van der Waals surface area contributed by atoms with Crippen molar-refractivity contribution in [1.29, 1.82) is 0 Å². The summed E-state index contributed by atoms with van der Waals surface area (Å²) in [5, 5.41) is 0. The topological polar surface area (TPSA) is 72.9 Å². The second kappa shape index (κ2) is 8.35. The van der Waals surface area contributed by atoms with E-state index in [4.69, 9.17) is 9.47 Å². The van der Waals surface area contributed by atoms with Gasteiger partial charge in [0.05, 0.1) is 19.8 Å². The number of carbonyl (C=O) groups is 3. The summed E-state index contributed by atoms with van der Waals surface area (Å²) in [5.41, 5.74) is 0.662. The Morgan fingerprint density at radius 1 is 1.12 bits per heavy atom. The summed E-state index contributed by atoms with van der Waals surface area (Å²) < 4.78 is 38.3. The van der Waals surface area contributed by atoms with Gasteiger partial charge in [0.15, 0.2) is 0 Å². The Kier molecular flexibility index (Phi) is 6.42. The fourth-order valence-electron chi connectivity index (χ4n) is 2.97. The van der Waals surface area contributed by atoms with Crippen LogP contribution in [0, 0.1) is 5.92 Å². The summed E-state index contributed by atoms with van der Waals surface area (Å²) in [7, 11) is 0. The number of hydrogen-bond acceptors (Lipinski definition) is 6. The number of rotatable bonds is 6. The maximum absolute atomic E-state index is 14.3. The van der Waals surface area contributed by atoms with E-state index in [1.165, 1.54) is 6.92 Å². The van der Waals surface area contributed by atoms with Crippen LogP contribution >= 0.6 is 0 Å². The normalized spacial score (nSPS) is 22.7. The standard InChI is InChI=1S/C18H21F2NO5/c1-3-25-16(23)13-14(17(24)26-4-2)21(11-18(19,20)15(13)22)10-12-8-6-5-7-9-12/h5-9,13-14H,3-4,10-11H2,1-2H3/t13-,14-/m0/s1. The largest absolute Gasteiger partial charge is 0.465 e. The zero-order valence-electron chi connectivity index (χ0n) is 14.6. The van der Waals surface area contributed by atoms with Crippen LogP contribution in [0.4, 0.5) is 8.78 Å². The second-order valence-electron chi connectivity index (χ2n) is 5.89. The molecular weight excluding hydrogens is 348 g/mol. The first-order chi connectivity index (χ1) is 12.3. The Hall–Kier alpha value is -2.35. The Balaban J connectivity index is 2.42. The molecule has 1 heterocycles. The number of halogens is 2. The predicted molar refractivity (Wildman–Crippen MR) is 87.4 cm³/mol. The van der Waals surface area contributed by atoms with Crippen molar-refractivity contribution in [2.45, 2.75) is 32.4 Å². The molecular formula is C18H21F2NO5. The van der Waals surface area contributed by atoms with Gasteiger partial charge in [0.2, 0.25) is 5.78 Å². The van der Waals surface area contributed by atoms with Crippen molar-refractivity contribution >= 4 is 17.7 Å². The molecule has 1 aliphatic rings. The molecule has 6 nitrogen and oxygen atoms in total. The first-order valence-corrected chi connectivity index (χ1v) is 8.35. The maximum atomic E-state index is 14.3. The lowest BCUT2D eigenvalue weighted by atomic mass is 9.85. The van der Waals surface area contributed by atoms with Gasteiger partial charge in [-0.05, 0) is 19.4 Å². The van der Waals surface area contributed by atoms with Crippen LogP contribution in [0.1, 0.15) is 19.4 Å². The summed E-state index contributed by atoms with van der Waals surface area (Å²) in [4.78, 5) is 37.9. The lowest BCUT2D eigenvalue weighted by Crippen LogP contribution is -2.64. The van der Waals surface area contributed by atoms with Crippen LogP contribution < -0.4 is 0 Å². The average molecular weight is 369 g/mol. The smallest absolute Gasteiger partial charge is 0.324 e. The van der Waals surface area contributed by atoms with Gasteiger partial charge in [-0.3, -0.25) is 19.3 Å². The van der Waals surface area contributed by atoms with Crippen molar-refractivity contribution in [2.75, 3.05) is 19.8 Å². The predicted octanol–water partition coefficient (Wildman–Crippen LogP) is 1.82. The fourth-order valence-corrected chi connectivity index (χ4v) is 2.97. The molecule has 1 aromatic rings. The number of carbonyl (C=O) groups excluding carboxylic acids is 3. The number of esters is 2. The van der Waals surface area contributed by atoms with Gasteiger partial charge in [0, 0.05) is 6.54 Å². The fraction of sp³-hybridized carbons (Fsp3) is 0.500. The number of Topliss-reactive ketones (excluding diaryl/α,β-unsaturated/α-hetero) is 1. The van der Waals surface area contributed by atoms with Crippen LogP contribution in [0.5, 0.6) is 0 Å². The van der Waals surface area contributed by atoms with Crippen molar-refractivity contribution in [3.8, 4) is 0 Å². The number of ether oxygens (including phenoxy) is 2. The van der Waals surface area contributed by atoms with E-state index in [9.17, 15) is 23.2 Å². The van der Waals surface area contributed by atoms with Crippen molar-refractivity contribution in [3.05, 3.63) is 35.9 Å². The first-order valence-electron chi connectivity index (χ1n) is 8.35. The molecule has 0 spiro atoms. The number of ketones is 1. The zero-order valence-corrected chi connectivity index (χ0v) is 14.6. The van der Waals surface area contributed by atoms with Crippen LogP contribution in [0.2, 0.25) is 0 Å². The molecule has 0 N–H and O–H groups in total. The highest BCUT2D eigenvalue weighted by molar-refractivity contribution is 6.07. The molecule has 0 aliphatic carbocycles. The highest BCUT2D eigenvalue weighted by Gasteiger charge is 2.59. The van der Waals surface area contributed by atoms with Crippen LogP contribution in [-0.2, 0) is 30.4 Å². The van der Waals surface area contributed by atoms with Gasteiger partial charge in [0.25, 0.3) is 0 Å². The molecule has 1 aliphatic heterocycles. The van der Waals surface area contributed by atoms with E-state index in [-0.39, 0.29) is 19.8 Å². The van der Waals surface area contributed by atoms with Crippen molar-refractivity contribution in [1.82, 2.24) is 4.90 Å². The minimum absolute atomic E-state index is 0.00532. The van der Waals surface area contributed by atoms with Crippen molar-refractivity contribution < 1.29 is 32.6 Å². The van der Waals surface area contributed by atoms with Gasteiger partial charge in [0.1, 0.15) is 12.0 Å². The number of benzene rings is 1. The third-order valence-electron chi connectivity index (χ3n) is 4.05. The van der Waals surface area contributed by atoms with Crippen LogP contribution in [0.15, 0.2) is 30.3 Å². The van der Waals surface area contributed by atoms with E-state index in [1.807, 2.05) is 0 Å². The van der Waals surface area contributed by atoms with Gasteiger partial charge in [-0.15, -0.1) is 0 Å². The third-order valence-corrected chi connectivity index (χ3v) is 4.05. The van der Waals surface area contributed by atoms with E-state index in [0.717, 1.165) is 4.90 Å². The molecule has 0 radical (unpaired) electrons. The van der Waals surface area contributed by atoms with E-state index in [1.54, 1.807) is 37.3 Å². The van der Waals surface area contributed by atoms with Crippen LogP contribution in [0.3, 0.4) is 0 Å². The second-order valence-corrected chi connectivity index (χ2v) is 5.89. The zero-order chi connectivity index (χ0) is 19.3. The molecule has 142 valence electrons. The molecule has 1 aromatic carbocycles. The van der Waals surface area contributed by atoms with Crippen molar-refractivity contribution in [2.24, 2.45) is 5.92 Å². The van der Waals surface area contributed by atoms with Crippen molar-refractivity contribution in [3.63, 3.8) is 0 Å². The number of piperidine rings is 1. The molecule has 0 saturated carbocycles. The van der Waals surface area contributed by atoms with Gasteiger partial charge in [-0.1, -0.05) is 30.3 Å². The van der Waals surface area contributed by atoms with Crippen LogP contribution in [0.25, 0.3) is 0 Å². The Bertz CT molecular complexity index is 665. The summed E-state index contributed by atoms with van der Waals surface area (Å²) >= 11 is 0. The van der Waals surface area contributed by atoms with Gasteiger partial charge >= 0.3 is 17.9 Å². The number of hydrogen-bond donors (Lipinski definition) is 0. The lowest BCUT2D eigenvalue weighted by molar-refractivity contribution is -0.184. The lowest BCUT2D eigenvalue weighted by Gasteiger charge is -2.40. The molecule has 2 atom stereocenters. The maximum Gasteiger partial charge on any atom is 0.324 e. The molecule has 2 rings (SSSR count). The molecule has 26 heavy (non-hydrogen) atoms. The Labute approximate surface area is 150 Å². The van der Waals surface area contributed by atoms with Gasteiger partial charge in [-0.2, -0.15) is 8.78 Å². The molecule has 0 amide bonds. The van der Waals surface area contributed by atoms with E-state index in [0.29, 0.717) is 5.56 Å². The Morgan fingerprint density at radius 3 is 2.27 bits per heavy atom. The van der Waals surface area contributed by atoms with Gasteiger partial charge in [-0.25, -0.2) is 0 Å². The van der Waals surface area contributed by atoms with E-state index in [2.05, 4.69) is 0 Å². The third kappa shape index (κ3) is 4.24. The highest BCUT2D eigenvalue weighted by Crippen LogP contribution is 2.34. The molecule has 1 fully saturated rings. The number of likely N-dealkylation sites (tertiary alicyclic amines) is 1. The summed E-state index contributed by atoms with van der Waals surface area (Å²) in [5.74, 6) is -9.35. The minimum atomic E-state index is -3.77. The Morgan fingerprint density at radius 2 is 1.69 bits per heavy atom. The summed E-state index contributed by atoms with van der Waals surface area (Å²) in [6.45, 7) is 1.93. The monoisotopic (exact) mass is 369 g/mol. The minimum Gasteiger partial charge on any atom is -0.465 e. The van der Waals surface area contributed by atoms with Crippen LogP contribution in [-0.4, -0.2) is 54.3 Å². The average Bonchev–Trinajstić information content (AvgIpc) is 2.58. The summed E-state index contributed by atoms with van der Waals surface area (Å²) in [6, 6.07) is 7.17. The quantitative estimate of drug-likeness (QED) is 0.563. The number of nitrogens with zero attached hydrogens (tertiary/aromatic N) is 1. The molecule has 0 aromatic heterocycles. The first kappa shape index (κ1) is 20.0. The molecule has 1 saturated heterocycles.